The van der Waals surface area contributed by atoms with Crippen LogP contribution in [0.4, 0.5) is 6.01 Å². The summed E-state index contributed by atoms with van der Waals surface area (Å²) < 4.78 is 56.1. The monoisotopic (exact) mass is 574 g/mol. The summed E-state index contributed by atoms with van der Waals surface area (Å²) in [5.74, 6) is 1.00. The van der Waals surface area contributed by atoms with Gasteiger partial charge in [-0.15, -0.1) is 5.10 Å². The minimum Gasteiger partial charge on any atom is -0.490 e. The quantitative estimate of drug-likeness (QED) is 0.357. The minimum atomic E-state index is -3.73. The first-order chi connectivity index (χ1) is 19.2. The van der Waals surface area contributed by atoms with Crippen molar-refractivity contribution in [1.29, 1.82) is 0 Å². The second-order valence-electron chi connectivity index (χ2n) is 9.07. The molecule has 2 heterocycles. The molecule has 1 fully saturated rings. The molecule has 1 N–H and O–H groups in total. The van der Waals surface area contributed by atoms with E-state index in [0.717, 1.165) is 0 Å². The van der Waals surface area contributed by atoms with Crippen molar-refractivity contribution in [2.45, 2.75) is 51.7 Å². The number of amides is 1. The molecular weight excluding hydrogens is 540 g/mol. The maximum Gasteiger partial charge on any atom is 0.322 e. The maximum absolute atomic E-state index is 13.1. The number of hydrogen-bond acceptors (Lipinski definition) is 10. The maximum atomic E-state index is 13.1. The van der Waals surface area contributed by atoms with E-state index >= 15 is 0 Å². The zero-order valence-corrected chi connectivity index (χ0v) is 24.0. The van der Waals surface area contributed by atoms with Crippen LogP contribution in [0.2, 0.25) is 0 Å². The Kier molecular flexibility index (Phi) is 9.28. The Balaban J connectivity index is 1.50. The van der Waals surface area contributed by atoms with Gasteiger partial charge in [-0.25, -0.2) is 8.42 Å². The zero-order valence-electron chi connectivity index (χ0n) is 23.2. The average molecular weight is 575 g/mol. The fraction of sp³-hybridized carbons (Fsp3) is 0.444. The lowest BCUT2D eigenvalue weighted by atomic mass is 10.2. The summed E-state index contributed by atoms with van der Waals surface area (Å²) in [6.07, 6.45) is -0.413. The highest BCUT2D eigenvalue weighted by Crippen LogP contribution is 2.42. The summed E-state index contributed by atoms with van der Waals surface area (Å²) in [5, 5.41) is 10.5. The minimum absolute atomic E-state index is 0.0936. The van der Waals surface area contributed by atoms with E-state index in [4.69, 9.17) is 23.4 Å². The molecule has 1 amide bonds. The summed E-state index contributed by atoms with van der Waals surface area (Å²) in [5.41, 5.74) is 0.741. The van der Waals surface area contributed by atoms with Gasteiger partial charge in [0.25, 0.3) is 5.91 Å². The number of sulfonamides is 1. The van der Waals surface area contributed by atoms with Gasteiger partial charge in [-0.2, -0.15) is 4.31 Å². The highest BCUT2D eigenvalue weighted by Gasteiger charge is 2.32. The van der Waals surface area contributed by atoms with Gasteiger partial charge in [0.2, 0.25) is 21.7 Å². The number of morpholine rings is 1. The van der Waals surface area contributed by atoms with Gasteiger partial charge in [0.15, 0.2) is 11.5 Å². The van der Waals surface area contributed by atoms with Gasteiger partial charge >= 0.3 is 6.01 Å². The molecular formula is C27H34N4O8S. The van der Waals surface area contributed by atoms with Crippen molar-refractivity contribution in [3.8, 4) is 28.7 Å². The first-order valence-corrected chi connectivity index (χ1v) is 14.6. The molecule has 2 atom stereocenters. The highest BCUT2D eigenvalue weighted by molar-refractivity contribution is 7.89. The van der Waals surface area contributed by atoms with Gasteiger partial charge in [-0.3, -0.25) is 10.1 Å². The molecule has 1 aromatic heterocycles. The van der Waals surface area contributed by atoms with Crippen LogP contribution in [-0.2, 0) is 14.8 Å². The molecule has 0 unspecified atom stereocenters. The molecule has 1 aliphatic heterocycles. The SMILES string of the molecule is CCOc1cc(-c2nnc(NC(=O)c3ccc(S(=O)(=O)N4C[C@@H](C)O[C@@H](C)C4)cc3)o2)cc(OCC)c1OCC. The summed E-state index contributed by atoms with van der Waals surface area (Å²) in [6, 6.07) is 8.94. The third-order valence-corrected chi connectivity index (χ3v) is 7.79. The Labute approximate surface area is 233 Å². The Bertz CT molecular complexity index is 1390. The van der Waals surface area contributed by atoms with Gasteiger partial charge in [-0.05, 0) is 71.0 Å². The van der Waals surface area contributed by atoms with Crippen LogP contribution in [0.5, 0.6) is 17.2 Å². The molecule has 216 valence electrons. The van der Waals surface area contributed by atoms with E-state index in [0.29, 0.717) is 42.6 Å². The molecule has 0 bridgehead atoms. The van der Waals surface area contributed by atoms with E-state index in [9.17, 15) is 13.2 Å². The summed E-state index contributed by atoms with van der Waals surface area (Å²) in [6.45, 7) is 11.0. The van der Waals surface area contributed by atoms with E-state index in [1.54, 1.807) is 12.1 Å². The molecule has 2 aromatic carbocycles. The fourth-order valence-electron chi connectivity index (χ4n) is 4.33. The van der Waals surface area contributed by atoms with E-state index in [1.165, 1.54) is 28.6 Å². The molecule has 1 saturated heterocycles. The smallest absolute Gasteiger partial charge is 0.322 e. The van der Waals surface area contributed by atoms with Gasteiger partial charge in [-0.1, -0.05) is 5.10 Å². The van der Waals surface area contributed by atoms with Crippen LogP contribution < -0.4 is 19.5 Å². The molecule has 0 saturated carbocycles. The van der Waals surface area contributed by atoms with Crippen LogP contribution in [0.25, 0.3) is 11.5 Å². The number of benzene rings is 2. The number of hydrogen-bond donors (Lipinski definition) is 1. The van der Waals surface area contributed by atoms with Crippen LogP contribution in [-0.4, -0.2) is 73.9 Å². The van der Waals surface area contributed by atoms with E-state index in [-0.39, 0.29) is 47.7 Å². The summed E-state index contributed by atoms with van der Waals surface area (Å²) in [4.78, 5) is 12.9. The number of carbonyl (C=O) groups excluding carboxylic acids is 1. The lowest BCUT2D eigenvalue weighted by Gasteiger charge is -2.34. The number of nitrogens with one attached hydrogen (secondary N) is 1. The Morgan fingerprint density at radius 1 is 0.950 bits per heavy atom. The standard InChI is InChI=1S/C27H34N4O8S/c1-6-35-22-13-20(14-23(36-7-2)24(22)37-8-3)26-29-30-27(39-26)28-25(32)19-9-11-21(12-10-19)40(33,34)31-15-17(4)38-18(5)16-31/h9-14,17-18H,6-8,15-16H2,1-5H3,(H,28,30,32)/t17-,18+. The predicted molar refractivity (Wildman–Crippen MR) is 146 cm³/mol. The Morgan fingerprint density at radius 2 is 1.52 bits per heavy atom. The second-order valence-corrected chi connectivity index (χ2v) is 11.0. The summed E-state index contributed by atoms with van der Waals surface area (Å²) >= 11 is 0. The van der Waals surface area contributed by atoms with E-state index in [2.05, 4.69) is 15.5 Å². The largest absolute Gasteiger partial charge is 0.490 e. The number of rotatable bonds is 11. The first kappa shape index (κ1) is 29.3. The highest BCUT2D eigenvalue weighted by atomic mass is 32.2. The predicted octanol–water partition coefficient (Wildman–Crippen LogP) is 3.98. The van der Waals surface area contributed by atoms with E-state index in [1.807, 2.05) is 34.6 Å². The van der Waals surface area contributed by atoms with Crippen LogP contribution in [0, 0.1) is 0 Å². The van der Waals surface area contributed by atoms with Crippen molar-refractivity contribution in [2.24, 2.45) is 0 Å². The Hall–Kier alpha value is -3.68. The molecule has 0 aliphatic carbocycles. The molecule has 40 heavy (non-hydrogen) atoms. The lowest BCUT2D eigenvalue weighted by molar-refractivity contribution is -0.0440. The second kappa shape index (κ2) is 12.7. The van der Waals surface area contributed by atoms with Crippen molar-refractivity contribution in [3.05, 3.63) is 42.0 Å². The van der Waals surface area contributed by atoms with Crippen molar-refractivity contribution in [1.82, 2.24) is 14.5 Å². The molecule has 3 aromatic rings. The fourth-order valence-corrected chi connectivity index (χ4v) is 5.92. The average Bonchev–Trinajstić information content (AvgIpc) is 3.38. The lowest BCUT2D eigenvalue weighted by Crippen LogP contribution is -2.48. The van der Waals surface area contributed by atoms with Crippen LogP contribution in [0.15, 0.2) is 45.7 Å². The molecule has 1 aliphatic rings. The van der Waals surface area contributed by atoms with Crippen LogP contribution >= 0.6 is 0 Å². The number of nitrogens with zero attached hydrogens (tertiary/aromatic N) is 3. The van der Waals surface area contributed by atoms with Crippen molar-refractivity contribution >= 4 is 21.9 Å². The first-order valence-electron chi connectivity index (χ1n) is 13.1. The van der Waals surface area contributed by atoms with Crippen LogP contribution in [0.1, 0.15) is 45.0 Å². The molecule has 0 radical (unpaired) electrons. The van der Waals surface area contributed by atoms with Crippen molar-refractivity contribution in [3.63, 3.8) is 0 Å². The molecule has 0 spiro atoms. The third-order valence-electron chi connectivity index (χ3n) is 5.94. The summed E-state index contributed by atoms with van der Waals surface area (Å²) in [7, 11) is -3.73. The number of ether oxygens (including phenoxy) is 4. The van der Waals surface area contributed by atoms with E-state index < -0.39 is 15.9 Å². The number of carbonyl (C=O) groups is 1. The molecule has 4 rings (SSSR count). The number of aromatic nitrogens is 2. The normalized spacial score (nSPS) is 17.8. The number of anilines is 1. The van der Waals surface area contributed by atoms with Gasteiger partial charge in [0, 0.05) is 24.2 Å². The van der Waals surface area contributed by atoms with Crippen molar-refractivity contribution < 1.29 is 36.6 Å². The zero-order chi connectivity index (χ0) is 28.9. The van der Waals surface area contributed by atoms with Crippen molar-refractivity contribution in [2.75, 3.05) is 38.2 Å². The van der Waals surface area contributed by atoms with Crippen LogP contribution in [0.3, 0.4) is 0 Å². The van der Waals surface area contributed by atoms with Gasteiger partial charge in [0.05, 0.1) is 36.9 Å². The molecule has 13 heteroatoms. The topological polar surface area (TPSA) is 142 Å². The van der Waals surface area contributed by atoms with Gasteiger partial charge < -0.3 is 23.4 Å². The van der Waals surface area contributed by atoms with Gasteiger partial charge in [0.1, 0.15) is 0 Å². The third kappa shape index (κ3) is 6.54. The Morgan fingerprint density at radius 3 is 2.08 bits per heavy atom. The molecule has 12 nitrogen and oxygen atoms in total.